The molecule has 0 saturated heterocycles. The van der Waals surface area contributed by atoms with Crippen LogP contribution in [0.3, 0.4) is 0 Å². The standard InChI is InChI=1S/C22H29F3N4O/c1-15(2)28(21(30)16-10-8-9-11-16)14-18-19(22(23,24)25)26-29(20(18)27(3)4)17-12-6-5-7-13-17/h5-7,12-13,15-16H,8-11,14H2,1-4H3. The summed E-state index contributed by atoms with van der Waals surface area (Å²) in [4.78, 5) is 16.3. The molecule has 0 N–H and O–H groups in total. The average Bonchev–Trinajstić information content (AvgIpc) is 3.33. The van der Waals surface area contributed by atoms with E-state index < -0.39 is 11.9 Å². The van der Waals surface area contributed by atoms with E-state index in [0.29, 0.717) is 11.5 Å². The minimum absolute atomic E-state index is 0.0244. The monoisotopic (exact) mass is 422 g/mol. The van der Waals surface area contributed by atoms with Crippen LogP contribution in [0.25, 0.3) is 5.69 Å². The van der Waals surface area contributed by atoms with Crippen LogP contribution in [-0.2, 0) is 17.5 Å². The Kier molecular flexibility index (Phi) is 6.43. The molecule has 0 bridgehead atoms. The first kappa shape index (κ1) is 22.2. The molecular weight excluding hydrogens is 393 g/mol. The van der Waals surface area contributed by atoms with Gasteiger partial charge in [0.25, 0.3) is 0 Å². The number of amides is 1. The van der Waals surface area contributed by atoms with Gasteiger partial charge in [-0.1, -0.05) is 31.0 Å². The van der Waals surface area contributed by atoms with Crippen LogP contribution in [0.5, 0.6) is 0 Å². The van der Waals surface area contributed by atoms with E-state index in [-0.39, 0.29) is 30.0 Å². The van der Waals surface area contributed by atoms with Crippen molar-refractivity contribution in [2.75, 3.05) is 19.0 Å². The second kappa shape index (κ2) is 8.70. The fourth-order valence-corrected chi connectivity index (χ4v) is 4.12. The second-order valence-electron chi connectivity index (χ2n) is 8.33. The maximum absolute atomic E-state index is 14.0. The topological polar surface area (TPSA) is 41.4 Å². The number of carbonyl (C=O) groups excluding carboxylic acids is 1. The van der Waals surface area contributed by atoms with Gasteiger partial charge in [0.15, 0.2) is 5.69 Å². The number of anilines is 1. The lowest BCUT2D eigenvalue weighted by molar-refractivity contribution is -0.144. The molecule has 5 nitrogen and oxygen atoms in total. The SMILES string of the molecule is CC(C)N(Cc1c(C(F)(F)F)nn(-c2ccccc2)c1N(C)C)C(=O)C1CCCC1. The van der Waals surface area contributed by atoms with E-state index in [9.17, 15) is 18.0 Å². The largest absolute Gasteiger partial charge is 0.435 e. The van der Waals surface area contributed by atoms with E-state index in [1.165, 1.54) is 4.68 Å². The Labute approximate surface area is 175 Å². The molecule has 0 spiro atoms. The zero-order chi connectivity index (χ0) is 22.1. The third kappa shape index (κ3) is 4.47. The van der Waals surface area contributed by atoms with Crippen LogP contribution in [-0.4, -0.2) is 40.7 Å². The molecule has 0 radical (unpaired) electrons. The molecule has 0 unspecified atom stereocenters. The van der Waals surface area contributed by atoms with Gasteiger partial charge in [-0.25, -0.2) is 4.68 Å². The number of hydrogen-bond acceptors (Lipinski definition) is 3. The summed E-state index contributed by atoms with van der Waals surface area (Å²) in [6, 6.07) is 8.53. The maximum atomic E-state index is 14.0. The molecule has 30 heavy (non-hydrogen) atoms. The zero-order valence-corrected chi connectivity index (χ0v) is 17.9. The van der Waals surface area contributed by atoms with Crippen molar-refractivity contribution >= 4 is 11.7 Å². The van der Waals surface area contributed by atoms with Gasteiger partial charge in [-0.15, -0.1) is 0 Å². The van der Waals surface area contributed by atoms with E-state index in [4.69, 9.17) is 0 Å². The number of aromatic nitrogens is 2. The highest BCUT2D eigenvalue weighted by atomic mass is 19.4. The normalized spacial score (nSPS) is 15.1. The molecule has 8 heteroatoms. The van der Waals surface area contributed by atoms with Crippen molar-refractivity contribution in [1.82, 2.24) is 14.7 Å². The molecule has 1 aromatic carbocycles. The number of carbonyl (C=O) groups is 1. The van der Waals surface area contributed by atoms with Crippen LogP contribution in [0, 0.1) is 5.92 Å². The van der Waals surface area contributed by atoms with E-state index in [2.05, 4.69) is 5.10 Å². The summed E-state index contributed by atoms with van der Waals surface area (Å²) in [6.45, 7) is 3.57. The molecule has 0 atom stereocenters. The third-order valence-corrected chi connectivity index (χ3v) is 5.59. The molecule has 1 aromatic heterocycles. The lowest BCUT2D eigenvalue weighted by Gasteiger charge is -2.30. The van der Waals surface area contributed by atoms with Gasteiger partial charge in [-0.2, -0.15) is 18.3 Å². The molecule has 2 aromatic rings. The fourth-order valence-electron chi connectivity index (χ4n) is 4.12. The van der Waals surface area contributed by atoms with Gasteiger partial charge in [-0.3, -0.25) is 4.79 Å². The summed E-state index contributed by atoms with van der Waals surface area (Å²) in [6.07, 6.45) is -1.04. The van der Waals surface area contributed by atoms with E-state index in [1.54, 1.807) is 54.2 Å². The Balaban J connectivity index is 2.11. The predicted molar refractivity (Wildman–Crippen MR) is 111 cm³/mol. The van der Waals surface area contributed by atoms with Crippen LogP contribution in [0.2, 0.25) is 0 Å². The fraction of sp³-hybridized carbons (Fsp3) is 0.545. The minimum atomic E-state index is -4.63. The van der Waals surface area contributed by atoms with Gasteiger partial charge in [-0.05, 0) is 38.8 Å². The van der Waals surface area contributed by atoms with Crippen LogP contribution in [0.1, 0.15) is 50.8 Å². The van der Waals surface area contributed by atoms with Crippen molar-refractivity contribution < 1.29 is 18.0 Å². The second-order valence-corrected chi connectivity index (χ2v) is 8.33. The van der Waals surface area contributed by atoms with Gasteiger partial charge in [0.1, 0.15) is 5.82 Å². The lowest BCUT2D eigenvalue weighted by Crippen LogP contribution is -2.40. The summed E-state index contributed by atoms with van der Waals surface area (Å²) in [7, 11) is 3.39. The Morgan fingerprint density at radius 1 is 1.17 bits per heavy atom. The summed E-state index contributed by atoms with van der Waals surface area (Å²) in [5, 5.41) is 3.95. The van der Waals surface area contributed by atoms with Gasteiger partial charge >= 0.3 is 6.18 Å². The first-order valence-electron chi connectivity index (χ1n) is 10.3. The number of alkyl halides is 3. The van der Waals surface area contributed by atoms with Crippen molar-refractivity contribution in [3.05, 3.63) is 41.6 Å². The average molecular weight is 422 g/mol. The molecule has 1 aliphatic rings. The Morgan fingerprint density at radius 3 is 2.27 bits per heavy atom. The maximum Gasteiger partial charge on any atom is 0.435 e. The Bertz CT molecular complexity index is 868. The van der Waals surface area contributed by atoms with E-state index in [0.717, 1.165) is 25.7 Å². The molecule has 1 amide bonds. The molecule has 0 aliphatic heterocycles. The van der Waals surface area contributed by atoms with Crippen molar-refractivity contribution in [3.8, 4) is 5.69 Å². The molecule has 3 rings (SSSR count). The highest BCUT2D eigenvalue weighted by Crippen LogP contribution is 2.38. The first-order valence-corrected chi connectivity index (χ1v) is 10.3. The smallest absolute Gasteiger partial charge is 0.362 e. The number of nitrogens with zero attached hydrogens (tertiary/aromatic N) is 4. The lowest BCUT2D eigenvalue weighted by atomic mass is 10.0. The number of para-hydroxylation sites is 1. The summed E-state index contributed by atoms with van der Waals surface area (Å²) in [5.74, 6) is 0.167. The van der Waals surface area contributed by atoms with Crippen molar-refractivity contribution in [2.45, 2.75) is 58.3 Å². The first-order chi connectivity index (χ1) is 14.1. The Hall–Kier alpha value is -2.51. The number of halogens is 3. The highest BCUT2D eigenvalue weighted by Gasteiger charge is 2.41. The summed E-state index contributed by atoms with van der Waals surface area (Å²) in [5.41, 5.74) is -0.382. The number of hydrogen-bond donors (Lipinski definition) is 0. The Morgan fingerprint density at radius 2 is 1.77 bits per heavy atom. The summed E-state index contributed by atoms with van der Waals surface area (Å²) < 4.78 is 43.2. The zero-order valence-electron chi connectivity index (χ0n) is 17.9. The quantitative estimate of drug-likeness (QED) is 0.666. The van der Waals surface area contributed by atoms with E-state index in [1.807, 2.05) is 13.8 Å². The van der Waals surface area contributed by atoms with Crippen molar-refractivity contribution in [2.24, 2.45) is 5.92 Å². The van der Waals surface area contributed by atoms with Gasteiger partial charge in [0, 0.05) is 31.6 Å². The van der Waals surface area contributed by atoms with Crippen LogP contribution in [0.15, 0.2) is 30.3 Å². The molecule has 1 fully saturated rings. The van der Waals surface area contributed by atoms with Crippen molar-refractivity contribution in [3.63, 3.8) is 0 Å². The van der Waals surface area contributed by atoms with Crippen LogP contribution >= 0.6 is 0 Å². The summed E-state index contributed by atoms with van der Waals surface area (Å²) >= 11 is 0. The molecule has 164 valence electrons. The molecule has 1 saturated carbocycles. The third-order valence-electron chi connectivity index (χ3n) is 5.59. The number of rotatable bonds is 6. The predicted octanol–water partition coefficient (Wildman–Crippen LogP) is 4.88. The van der Waals surface area contributed by atoms with Gasteiger partial charge in [0.05, 0.1) is 12.2 Å². The highest BCUT2D eigenvalue weighted by molar-refractivity contribution is 5.79. The minimum Gasteiger partial charge on any atom is -0.362 e. The molecular formula is C22H29F3N4O. The molecule has 1 aliphatic carbocycles. The van der Waals surface area contributed by atoms with Crippen LogP contribution < -0.4 is 4.90 Å². The van der Waals surface area contributed by atoms with Gasteiger partial charge in [0.2, 0.25) is 5.91 Å². The molecule has 1 heterocycles. The van der Waals surface area contributed by atoms with E-state index >= 15 is 0 Å². The van der Waals surface area contributed by atoms with Crippen LogP contribution in [0.4, 0.5) is 19.0 Å². The number of benzene rings is 1. The van der Waals surface area contributed by atoms with Crippen molar-refractivity contribution in [1.29, 1.82) is 0 Å². The van der Waals surface area contributed by atoms with Gasteiger partial charge < -0.3 is 9.80 Å².